The van der Waals surface area contributed by atoms with Crippen molar-refractivity contribution in [3.05, 3.63) is 46.7 Å². The molecular formula is C18H20N2O4S2. The number of nitrogens with zero attached hydrogens (tertiary/aromatic N) is 1. The highest BCUT2D eigenvalue weighted by molar-refractivity contribution is 7.93. The van der Waals surface area contributed by atoms with Crippen LogP contribution < -0.4 is 9.62 Å². The largest absolute Gasteiger partial charge is 0.326 e. The first-order valence-corrected chi connectivity index (χ1v) is 10.9. The van der Waals surface area contributed by atoms with Gasteiger partial charge in [0, 0.05) is 25.1 Å². The zero-order valence-electron chi connectivity index (χ0n) is 14.2. The first kappa shape index (κ1) is 18.6. The first-order valence-electron chi connectivity index (χ1n) is 8.43. The van der Waals surface area contributed by atoms with Gasteiger partial charge in [-0.05, 0) is 48.6 Å². The van der Waals surface area contributed by atoms with Gasteiger partial charge in [-0.15, -0.1) is 11.3 Å². The van der Waals surface area contributed by atoms with Crippen LogP contribution in [-0.4, -0.2) is 32.4 Å². The van der Waals surface area contributed by atoms with E-state index in [2.05, 4.69) is 5.32 Å². The van der Waals surface area contributed by atoms with E-state index in [1.807, 2.05) is 11.4 Å². The van der Waals surface area contributed by atoms with Gasteiger partial charge in [-0.25, -0.2) is 8.42 Å². The lowest BCUT2D eigenvalue weighted by Crippen LogP contribution is -2.24. The molecule has 1 amide bonds. The van der Waals surface area contributed by atoms with Crippen molar-refractivity contribution in [1.82, 2.24) is 0 Å². The SMILES string of the molecule is O=C(CCCC(=O)c1cccs1)Nc1ccc(N2CCCS2(=O)=O)cc1. The van der Waals surface area contributed by atoms with Crippen molar-refractivity contribution in [1.29, 1.82) is 0 Å². The lowest BCUT2D eigenvalue weighted by Gasteiger charge is -2.17. The smallest absolute Gasteiger partial charge is 0.235 e. The highest BCUT2D eigenvalue weighted by Crippen LogP contribution is 2.25. The molecule has 1 aliphatic heterocycles. The van der Waals surface area contributed by atoms with Crippen molar-refractivity contribution in [3.63, 3.8) is 0 Å². The molecule has 8 heteroatoms. The second-order valence-corrected chi connectivity index (χ2v) is 9.05. The molecule has 1 fully saturated rings. The van der Waals surface area contributed by atoms with E-state index >= 15 is 0 Å². The van der Waals surface area contributed by atoms with Crippen molar-refractivity contribution in [2.75, 3.05) is 21.9 Å². The van der Waals surface area contributed by atoms with Gasteiger partial charge < -0.3 is 5.32 Å². The van der Waals surface area contributed by atoms with Crippen LogP contribution in [-0.2, 0) is 14.8 Å². The second kappa shape index (κ2) is 8.01. The maximum Gasteiger partial charge on any atom is 0.235 e. The van der Waals surface area contributed by atoms with Gasteiger partial charge in [0.05, 0.1) is 16.3 Å². The fourth-order valence-electron chi connectivity index (χ4n) is 2.83. The number of nitrogens with one attached hydrogen (secondary N) is 1. The molecule has 138 valence electrons. The number of ketones is 1. The van der Waals surface area contributed by atoms with Gasteiger partial charge in [-0.2, -0.15) is 0 Å². The normalized spacial score (nSPS) is 15.8. The van der Waals surface area contributed by atoms with Gasteiger partial charge in [0.1, 0.15) is 0 Å². The summed E-state index contributed by atoms with van der Waals surface area (Å²) >= 11 is 1.41. The van der Waals surface area contributed by atoms with Crippen molar-refractivity contribution in [2.45, 2.75) is 25.7 Å². The summed E-state index contributed by atoms with van der Waals surface area (Å²) in [5.41, 5.74) is 1.22. The molecule has 1 aromatic carbocycles. The Kier molecular flexibility index (Phi) is 5.73. The van der Waals surface area contributed by atoms with Gasteiger partial charge in [0.25, 0.3) is 0 Å². The molecule has 0 atom stereocenters. The molecule has 0 spiro atoms. The Balaban J connectivity index is 1.48. The molecule has 0 bridgehead atoms. The summed E-state index contributed by atoms with van der Waals surface area (Å²) in [7, 11) is -3.20. The third-order valence-corrected chi connectivity index (χ3v) is 6.92. The number of amides is 1. The average molecular weight is 393 g/mol. The van der Waals surface area contributed by atoms with Crippen molar-refractivity contribution in [2.24, 2.45) is 0 Å². The molecule has 2 aromatic rings. The third kappa shape index (κ3) is 4.50. The molecule has 26 heavy (non-hydrogen) atoms. The zero-order valence-corrected chi connectivity index (χ0v) is 15.8. The van der Waals surface area contributed by atoms with E-state index < -0.39 is 10.0 Å². The molecule has 2 heterocycles. The fraction of sp³-hybridized carbons (Fsp3) is 0.333. The highest BCUT2D eigenvalue weighted by Gasteiger charge is 2.28. The van der Waals surface area contributed by atoms with E-state index in [0.29, 0.717) is 37.2 Å². The van der Waals surface area contributed by atoms with E-state index in [1.165, 1.54) is 15.6 Å². The van der Waals surface area contributed by atoms with Gasteiger partial charge in [0.15, 0.2) is 5.78 Å². The molecule has 1 N–H and O–H groups in total. The summed E-state index contributed by atoms with van der Waals surface area (Å²) in [5.74, 6) is 0.0740. The molecule has 0 saturated carbocycles. The number of hydrogen-bond donors (Lipinski definition) is 1. The molecular weight excluding hydrogens is 372 g/mol. The Bertz CT molecular complexity index is 874. The second-order valence-electron chi connectivity index (χ2n) is 6.09. The monoisotopic (exact) mass is 392 g/mol. The maximum atomic E-state index is 12.0. The van der Waals surface area contributed by atoms with Crippen molar-refractivity contribution < 1.29 is 18.0 Å². The van der Waals surface area contributed by atoms with Crippen molar-refractivity contribution >= 4 is 44.4 Å². The van der Waals surface area contributed by atoms with Crippen LogP contribution >= 0.6 is 11.3 Å². The molecule has 1 aromatic heterocycles. The fourth-order valence-corrected chi connectivity index (χ4v) is 5.09. The molecule has 0 radical (unpaired) electrons. The van der Waals surface area contributed by atoms with Gasteiger partial charge in [-0.3, -0.25) is 13.9 Å². The zero-order chi connectivity index (χ0) is 18.6. The summed E-state index contributed by atoms with van der Waals surface area (Å²) in [6.45, 7) is 0.492. The Morgan fingerprint density at radius 2 is 1.88 bits per heavy atom. The van der Waals surface area contributed by atoms with Gasteiger partial charge in [0.2, 0.25) is 15.9 Å². The summed E-state index contributed by atoms with van der Waals surface area (Å²) in [4.78, 5) is 24.6. The minimum Gasteiger partial charge on any atom is -0.326 e. The predicted molar refractivity (Wildman–Crippen MR) is 103 cm³/mol. The van der Waals surface area contributed by atoms with Crippen LogP contribution in [0.15, 0.2) is 41.8 Å². The summed E-state index contributed by atoms with van der Waals surface area (Å²) < 4.78 is 25.2. The number of benzene rings is 1. The Hall–Kier alpha value is -2.19. The lowest BCUT2D eigenvalue weighted by atomic mass is 10.1. The molecule has 0 unspecified atom stereocenters. The van der Waals surface area contributed by atoms with Crippen LogP contribution in [0.1, 0.15) is 35.4 Å². The number of sulfonamides is 1. The van der Waals surface area contributed by atoms with Crippen LogP contribution in [0.5, 0.6) is 0 Å². The summed E-state index contributed by atoms with van der Waals surface area (Å²) in [5, 5.41) is 4.63. The van der Waals surface area contributed by atoms with E-state index in [1.54, 1.807) is 30.3 Å². The molecule has 1 aliphatic rings. The Morgan fingerprint density at radius 1 is 1.12 bits per heavy atom. The maximum absolute atomic E-state index is 12.0. The number of hydrogen-bond acceptors (Lipinski definition) is 5. The van der Waals surface area contributed by atoms with Crippen molar-refractivity contribution in [3.8, 4) is 0 Å². The Labute approximate surface area is 156 Å². The number of carbonyl (C=O) groups excluding carboxylic acids is 2. The lowest BCUT2D eigenvalue weighted by molar-refractivity contribution is -0.116. The average Bonchev–Trinajstić information content (AvgIpc) is 3.25. The van der Waals surface area contributed by atoms with E-state index in [9.17, 15) is 18.0 Å². The summed E-state index contributed by atoms with van der Waals surface area (Å²) in [6.07, 6.45) is 1.73. The number of anilines is 2. The predicted octanol–water partition coefficient (Wildman–Crippen LogP) is 3.28. The van der Waals surface area contributed by atoms with Crippen LogP contribution in [0.3, 0.4) is 0 Å². The molecule has 6 nitrogen and oxygen atoms in total. The quantitative estimate of drug-likeness (QED) is 0.733. The van der Waals surface area contributed by atoms with Crippen LogP contribution in [0.25, 0.3) is 0 Å². The number of carbonyl (C=O) groups is 2. The van der Waals surface area contributed by atoms with Crippen LogP contribution in [0.4, 0.5) is 11.4 Å². The van der Waals surface area contributed by atoms with E-state index in [-0.39, 0.29) is 23.9 Å². The molecule has 3 rings (SSSR count). The highest BCUT2D eigenvalue weighted by atomic mass is 32.2. The Morgan fingerprint density at radius 3 is 2.50 bits per heavy atom. The van der Waals surface area contributed by atoms with Crippen LogP contribution in [0.2, 0.25) is 0 Å². The molecule has 0 aliphatic carbocycles. The third-order valence-electron chi connectivity index (χ3n) is 4.14. The first-order chi connectivity index (χ1) is 12.5. The molecule has 1 saturated heterocycles. The number of Topliss-reactive ketones (excluding diaryl/α,β-unsaturated/α-hetero) is 1. The summed E-state index contributed by atoms with van der Waals surface area (Å²) in [6, 6.07) is 10.4. The van der Waals surface area contributed by atoms with Gasteiger partial charge >= 0.3 is 0 Å². The minimum absolute atomic E-state index is 0.0592. The van der Waals surface area contributed by atoms with E-state index in [4.69, 9.17) is 0 Å². The minimum atomic E-state index is -3.20. The number of rotatable bonds is 7. The van der Waals surface area contributed by atoms with Crippen LogP contribution in [0, 0.1) is 0 Å². The van der Waals surface area contributed by atoms with Gasteiger partial charge in [-0.1, -0.05) is 6.07 Å². The van der Waals surface area contributed by atoms with E-state index in [0.717, 1.165) is 4.88 Å². The standard InChI is InChI=1S/C18H20N2O4S2/c21-16(17-5-2-12-25-17)4-1-6-18(22)19-14-7-9-15(10-8-14)20-11-3-13-26(20,23)24/h2,5,7-10,12H,1,3-4,6,11,13H2,(H,19,22). The number of thiophene rings is 1. The topological polar surface area (TPSA) is 83.6 Å².